The number of nitrogens with one attached hydrogen (secondary N) is 2. The van der Waals surface area contributed by atoms with Gasteiger partial charge in [-0.15, -0.1) is 0 Å². The van der Waals surface area contributed by atoms with Crippen LogP contribution < -0.4 is 15.5 Å². The minimum atomic E-state index is -0.555. The summed E-state index contributed by atoms with van der Waals surface area (Å²) in [4.78, 5) is 26.0. The molecule has 7 heteroatoms. The molecule has 0 spiro atoms. The summed E-state index contributed by atoms with van der Waals surface area (Å²) in [6, 6.07) is 10.6. The first kappa shape index (κ1) is 18.2. The Hall–Kier alpha value is -2.60. The zero-order valence-electron chi connectivity index (χ0n) is 14.3. The summed E-state index contributed by atoms with van der Waals surface area (Å²) in [5, 5.41) is 5.91. The van der Waals surface area contributed by atoms with Crippen molar-refractivity contribution in [2.24, 2.45) is 0 Å². The van der Waals surface area contributed by atoms with Crippen molar-refractivity contribution in [1.82, 2.24) is 0 Å². The molecule has 1 saturated heterocycles. The van der Waals surface area contributed by atoms with E-state index in [1.165, 1.54) is 12.1 Å². The first-order valence-electron chi connectivity index (χ1n) is 8.37. The van der Waals surface area contributed by atoms with Gasteiger partial charge < -0.3 is 15.5 Å². The minimum absolute atomic E-state index is 0.110. The predicted molar refractivity (Wildman–Crippen MR) is 101 cm³/mol. The van der Waals surface area contributed by atoms with Crippen LogP contribution in [-0.2, 0) is 9.59 Å². The Balaban J connectivity index is 1.66. The lowest BCUT2D eigenvalue weighted by atomic mass is 10.2. The van der Waals surface area contributed by atoms with E-state index in [0.717, 1.165) is 23.9 Å². The number of benzene rings is 2. The van der Waals surface area contributed by atoms with Crippen LogP contribution in [0.2, 0.25) is 5.02 Å². The van der Waals surface area contributed by atoms with E-state index in [-0.39, 0.29) is 16.8 Å². The summed E-state index contributed by atoms with van der Waals surface area (Å²) in [6.45, 7) is 2.42. The van der Waals surface area contributed by atoms with Gasteiger partial charge in [0, 0.05) is 24.3 Å². The second-order valence-electron chi connectivity index (χ2n) is 6.18. The molecule has 1 aliphatic heterocycles. The number of rotatable bonds is 5. The highest BCUT2D eigenvalue weighted by Crippen LogP contribution is 2.25. The normalized spacial score (nSPS) is 15.0. The number of carbonyl (C=O) groups is 2. The molecule has 26 heavy (non-hydrogen) atoms. The van der Waals surface area contributed by atoms with Crippen LogP contribution in [0, 0.1) is 5.82 Å². The summed E-state index contributed by atoms with van der Waals surface area (Å²) in [5.74, 6) is -0.660. The number of hydrogen-bond donors (Lipinski definition) is 2. The van der Waals surface area contributed by atoms with Gasteiger partial charge in [0.05, 0.1) is 10.7 Å². The van der Waals surface area contributed by atoms with Crippen molar-refractivity contribution in [3.05, 3.63) is 53.3 Å². The number of nitrogens with zero attached hydrogens (tertiary/aromatic N) is 1. The molecule has 1 aliphatic rings. The summed E-state index contributed by atoms with van der Waals surface area (Å²) in [6.07, 6.45) is 1.42. The van der Waals surface area contributed by atoms with Crippen LogP contribution in [-0.4, -0.2) is 24.4 Å². The van der Waals surface area contributed by atoms with Crippen molar-refractivity contribution in [2.75, 3.05) is 22.1 Å². The van der Waals surface area contributed by atoms with Crippen molar-refractivity contribution in [1.29, 1.82) is 0 Å². The number of hydrogen-bond acceptors (Lipinski definition) is 3. The Kier molecular flexibility index (Phi) is 5.42. The molecule has 136 valence electrons. The summed E-state index contributed by atoms with van der Waals surface area (Å²) < 4.78 is 13.1. The fourth-order valence-corrected chi connectivity index (χ4v) is 3.05. The van der Waals surface area contributed by atoms with Gasteiger partial charge in [-0.25, -0.2) is 4.39 Å². The highest BCUT2D eigenvalue weighted by molar-refractivity contribution is 6.33. The molecule has 5 nitrogen and oxygen atoms in total. The van der Waals surface area contributed by atoms with Crippen LogP contribution in [0.1, 0.15) is 19.8 Å². The van der Waals surface area contributed by atoms with Crippen molar-refractivity contribution in [3.8, 4) is 0 Å². The molecular formula is C19H19ClFN3O2. The highest BCUT2D eigenvalue weighted by Gasteiger charge is 2.22. The quantitative estimate of drug-likeness (QED) is 0.828. The van der Waals surface area contributed by atoms with Crippen molar-refractivity contribution in [2.45, 2.75) is 25.8 Å². The Morgan fingerprint density at radius 3 is 2.77 bits per heavy atom. The Labute approximate surface area is 156 Å². The zero-order chi connectivity index (χ0) is 18.7. The Bertz CT molecular complexity index is 843. The molecule has 0 radical (unpaired) electrons. The average molecular weight is 376 g/mol. The summed E-state index contributed by atoms with van der Waals surface area (Å²) >= 11 is 5.93. The maximum absolute atomic E-state index is 13.1. The van der Waals surface area contributed by atoms with E-state index in [1.807, 2.05) is 24.3 Å². The molecule has 3 rings (SSSR count). The van der Waals surface area contributed by atoms with Crippen LogP contribution in [0.5, 0.6) is 0 Å². The third kappa shape index (κ3) is 4.14. The third-order valence-corrected chi connectivity index (χ3v) is 4.51. The largest absolute Gasteiger partial charge is 0.374 e. The van der Waals surface area contributed by atoms with Crippen molar-refractivity contribution < 1.29 is 14.0 Å². The van der Waals surface area contributed by atoms with Gasteiger partial charge in [-0.1, -0.05) is 17.7 Å². The van der Waals surface area contributed by atoms with Gasteiger partial charge in [0.15, 0.2) is 0 Å². The zero-order valence-corrected chi connectivity index (χ0v) is 15.0. The van der Waals surface area contributed by atoms with Crippen molar-refractivity contribution in [3.63, 3.8) is 0 Å². The second-order valence-corrected chi connectivity index (χ2v) is 6.59. The molecule has 2 amide bonds. The summed E-state index contributed by atoms with van der Waals surface area (Å²) in [7, 11) is 0. The number of anilines is 3. The SMILES string of the molecule is C[C@@H](Nc1cccc(N2CCCC2=O)c1)C(=O)Nc1ccc(F)cc1Cl. The van der Waals surface area contributed by atoms with Crippen LogP contribution in [0.15, 0.2) is 42.5 Å². The lowest BCUT2D eigenvalue weighted by molar-refractivity contribution is -0.117. The smallest absolute Gasteiger partial charge is 0.246 e. The number of amides is 2. The van der Waals surface area contributed by atoms with Crippen molar-refractivity contribution >= 4 is 40.5 Å². The van der Waals surface area contributed by atoms with Crippen LogP contribution >= 0.6 is 11.6 Å². The molecule has 1 heterocycles. The van der Waals surface area contributed by atoms with Crippen LogP contribution in [0.3, 0.4) is 0 Å². The lowest BCUT2D eigenvalue weighted by Crippen LogP contribution is -2.32. The summed E-state index contributed by atoms with van der Waals surface area (Å²) in [5.41, 5.74) is 1.89. The second kappa shape index (κ2) is 7.74. The van der Waals surface area contributed by atoms with Gasteiger partial charge in [-0.3, -0.25) is 9.59 Å². The van der Waals surface area contributed by atoms with Gasteiger partial charge >= 0.3 is 0 Å². The fourth-order valence-electron chi connectivity index (χ4n) is 2.83. The fraction of sp³-hybridized carbons (Fsp3) is 0.263. The lowest BCUT2D eigenvalue weighted by Gasteiger charge is -2.19. The molecule has 1 fully saturated rings. The molecule has 0 unspecified atom stereocenters. The number of carbonyl (C=O) groups excluding carboxylic acids is 2. The third-order valence-electron chi connectivity index (χ3n) is 4.20. The monoisotopic (exact) mass is 375 g/mol. The molecular weight excluding hydrogens is 357 g/mol. The van der Waals surface area contributed by atoms with E-state index in [9.17, 15) is 14.0 Å². The topological polar surface area (TPSA) is 61.4 Å². The van der Waals surface area contributed by atoms with Crippen LogP contribution in [0.4, 0.5) is 21.5 Å². The van der Waals surface area contributed by atoms with Gasteiger partial charge in [0.2, 0.25) is 11.8 Å². The maximum Gasteiger partial charge on any atom is 0.246 e. The van der Waals surface area contributed by atoms with E-state index in [4.69, 9.17) is 11.6 Å². The molecule has 2 N–H and O–H groups in total. The van der Waals surface area contributed by atoms with E-state index in [2.05, 4.69) is 10.6 Å². The van der Waals surface area contributed by atoms with Gasteiger partial charge in [-0.2, -0.15) is 0 Å². The van der Waals surface area contributed by atoms with E-state index < -0.39 is 11.9 Å². The molecule has 0 bridgehead atoms. The molecule has 0 aliphatic carbocycles. The van der Waals surface area contributed by atoms with E-state index in [0.29, 0.717) is 18.7 Å². The maximum atomic E-state index is 13.1. The first-order valence-corrected chi connectivity index (χ1v) is 8.75. The van der Waals surface area contributed by atoms with Gasteiger partial charge in [-0.05, 0) is 49.7 Å². The first-order chi connectivity index (χ1) is 12.4. The highest BCUT2D eigenvalue weighted by atomic mass is 35.5. The predicted octanol–water partition coefficient (Wildman–Crippen LogP) is 4.05. The molecule has 0 saturated carbocycles. The average Bonchev–Trinajstić information content (AvgIpc) is 3.03. The molecule has 2 aromatic rings. The van der Waals surface area contributed by atoms with E-state index in [1.54, 1.807) is 11.8 Å². The van der Waals surface area contributed by atoms with E-state index >= 15 is 0 Å². The van der Waals surface area contributed by atoms with Gasteiger partial charge in [0.25, 0.3) is 0 Å². The minimum Gasteiger partial charge on any atom is -0.374 e. The molecule has 0 aromatic heterocycles. The standard InChI is InChI=1S/C19H19ClFN3O2/c1-12(19(26)23-17-8-7-13(21)10-16(17)20)22-14-4-2-5-15(11-14)24-9-3-6-18(24)25/h2,4-5,7-8,10-12,22H,3,6,9H2,1H3,(H,23,26)/t12-/m1/s1. The molecule has 1 atom stereocenters. The Morgan fingerprint density at radius 1 is 1.27 bits per heavy atom. The Morgan fingerprint density at radius 2 is 2.08 bits per heavy atom. The molecule has 2 aromatic carbocycles. The number of halogens is 2. The van der Waals surface area contributed by atoms with Crippen LogP contribution in [0.25, 0.3) is 0 Å². The van der Waals surface area contributed by atoms with Gasteiger partial charge in [0.1, 0.15) is 11.9 Å².